The number of likely N-dealkylation sites (N-methyl/N-ethyl adjacent to an activating group) is 1. The number of hydrogen-bond donors (Lipinski definition) is 0. The molecule has 4 nitrogen and oxygen atoms in total. The van der Waals surface area contributed by atoms with Crippen LogP contribution in [0.15, 0.2) is 18.2 Å². The summed E-state index contributed by atoms with van der Waals surface area (Å²) in [6.45, 7) is 11.7. The highest BCUT2D eigenvalue weighted by atomic mass is 16.5. The predicted octanol–water partition coefficient (Wildman–Crippen LogP) is 2.23. The van der Waals surface area contributed by atoms with Gasteiger partial charge in [-0.2, -0.15) is 0 Å². The molecule has 0 bridgehead atoms. The van der Waals surface area contributed by atoms with Crippen LogP contribution in [0.5, 0.6) is 11.5 Å². The van der Waals surface area contributed by atoms with Crippen molar-refractivity contribution >= 4 is 0 Å². The fourth-order valence-electron chi connectivity index (χ4n) is 2.61. The van der Waals surface area contributed by atoms with Gasteiger partial charge in [0, 0.05) is 32.7 Å². The van der Waals surface area contributed by atoms with Gasteiger partial charge in [-0.25, -0.2) is 0 Å². The third-order valence-electron chi connectivity index (χ3n) is 3.85. The van der Waals surface area contributed by atoms with E-state index in [1.54, 1.807) is 7.11 Å². The zero-order chi connectivity index (χ0) is 14.4. The molecule has 112 valence electrons. The van der Waals surface area contributed by atoms with E-state index < -0.39 is 0 Å². The van der Waals surface area contributed by atoms with Gasteiger partial charge in [0.25, 0.3) is 0 Å². The first-order chi connectivity index (χ1) is 9.76. The molecule has 1 aliphatic rings. The lowest BCUT2D eigenvalue weighted by Gasteiger charge is -2.34. The topological polar surface area (TPSA) is 24.9 Å². The quantitative estimate of drug-likeness (QED) is 0.796. The third-order valence-corrected chi connectivity index (χ3v) is 3.85. The van der Waals surface area contributed by atoms with Crippen LogP contribution in [0.25, 0.3) is 0 Å². The van der Waals surface area contributed by atoms with Gasteiger partial charge in [-0.1, -0.05) is 13.0 Å². The first-order valence-corrected chi connectivity index (χ1v) is 7.51. The fraction of sp³-hybridized carbons (Fsp3) is 0.625. The Bertz CT molecular complexity index is 415. The molecule has 0 amide bonds. The van der Waals surface area contributed by atoms with Crippen molar-refractivity contribution in [1.82, 2.24) is 9.80 Å². The zero-order valence-electron chi connectivity index (χ0n) is 12.9. The minimum Gasteiger partial charge on any atom is -0.493 e. The molecule has 1 fully saturated rings. The third kappa shape index (κ3) is 3.87. The summed E-state index contributed by atoms with van der Waals surface area (Å²) in [5, 5.41) is 0. The van der Waals surface area contributed by atoms with Crippen molar-refractivity contribution in [2.45, 2.75) is 20.4 Å². The number of rotatable bonds is 6. The summed E-state index contributed by atoms with van der Waals surface area (Å²) >= 11 is 0. The van der Waals surface area contributed by atoms with E-state index in [1.807, 2.05) is 13.0 Å². The lowest BCUT2D eigenvalue weighted by atomic mass is 10.1. The monoisotopic (exact) mass is 278 g/mol. The molecule has 0 saturated carbocycles. The minimum absolute atomic E-state index is 0.662. The minimum atomic E-state index is 0.662. The van der Waals surface area contributed by atoms with Crippen LogP contribution in [0.1, 0.15) is 19.4 Å². The Morgan fingerprint density at radius 3 is 2.30 bits per heavy atom. The second-order valence-electron chi connectivity index (χ2n) is 5.13. The van der Waals surface area contributed by atoms with E-state index in [2.05, 4.69) is 28.9 Å². The Morgan fingerprint density at radius 1 is 1.00 bits per heavy atom. The molecule has 0 unspecified atom stereocenters. The molecule has 0 aromatic heterocycles. The molecule has 2 rings (SSSR count). The number of hydrogen-bond acceptors (Lipinski definition) is 4. The molecule has 0 atom stereocenters. The summed E-state index contributed by atoms with van der Waals surface area (Å²) in [5.41, 5.74) is 1.29. The van der Waals surface area contributed by atoms with Gasteiger partial charge in [0.05, 0.1) is 13.7 Å². The van der Waals surface area contributed by atoms with Crippen molar-refractivity contribution in [3.63, 3.8) is 0 Å². The van der Waals surface area contributed by atoms with E-state index in [4.69, 9.17) is 9.47 Å². The van der Waals surface area contributed by atoms with E-state index >= 15 is 0 Å². The normalized spacial score (nSPS) is 17.1. The average Bonchev–Trinajstić information content (AvgIpc) is 2.49. The summed E-state index contributed by atoms with van der Waals surface area (Å²) in [5.74, 6) is 1.66. The lowest BCUT2D eigenvalue weighted by Crippen LogP contribution is -2.45. The van der Waals surface area contributed by atoms with Gasteiger partial charge in [-0.05, 0) is 31.2 Å². The van der Waals surface area contributed by atoms with Crippen molar-refractivity contribution < 1.29 is 9.47 Å². The highest BCUT2D eigenvalue weighted by Crippen LogP contribution is 2.28. The maximum absolute atomic E-state index is 5.64. The molecule has 20 heavy (non-hydrogen) atoms. The first kappa shape index (κ1) is 15.1. The number of ether oxygens (including phenoxy) is 2. The molecular weight excluding hydrogens is 252 g/mol. The predicted molar refractivity (Wildman–Crippen MR) is 81.6 cm³/mol. The van der Waals surface area contributed by atoms with Gasteiger partial charge < -0.3 is 14.4 Å². The summed E-state index contributed by atoms with van der Waals surface area (Å²) < 4.78 is 11.0. The van der Waals surface area contributed by atoms with Crippen molar-refractivity contribution in [2.75, 3.05) is 46.4 Å². The van der Waals surface area contributed by atoms with Gasteiger partial charge in [0.2, 0.25) is 0 Å². The van der Waals surface area contributed by atoms with Gasteiger partial charge >= 0.3 is 0 Å². The molecule has 0 radical (unpaired) electrons. The highest BCUT2D eigenvalue weighted by molar-refractivity contribution is 5.42. The fourth-order valence-corrected chi connectivity index (χ4v) is 2.61. The largest absolute Gasteiger partial charge is 0.493 e. The molecule has 1 saturated heterocycles. The molecule has 0 spiro atoms. The van der Waals surface area contributed by atoms with E-state index in [0.29, 0.717) is 6.61 Å². The van der Waals surface area contributed by atoms with Crippen LogP contribution >= 0.6 is 0 Å². The van der Waals surface area contributed by atoms with E-state index in [-0.39, 0.29) is 0 Å². The molecule has 1 aliphatic heterocycles. The smallest absolute Gasteiger partial charge is 0.161 e. The van der Waals surface area contributed by atoms with Gasteiger partial charge in [0.15, 0.2) is 11.5 Å². The van der Waals surface area contributed by atoms with E-state index in [0.717, 1.165) is 37.7 Å². The summed E-state index contributed by atoms with van der Waals surface area (Å²) in [6.07, 6.45) is 0. The molecule has 0 aliphatic carbocycles. The number of benzene rings is 1. The Kier molecular flexibility index (Phi) is 5.68. The summed E-state index contributed by atoms with van der Waals surface area (Å²) in [4.78, 5) is 5.00. The zero-order valence-corrected chi connectivity index (χ0v) is 12.9. The molecule has 1 aromatic rings. The van der Waals surface area contributed by atoms with Crippen molar-refractivity contribution in [2.24, 2.45) is 0 Å². The lowest BCUT2D eigenvalue weighted by molar-refractivity contribution is 0.132. The number of nitrogens with zero attached hydrogens (tertiary/aromatic N) is 2. The summed E-state index contributed by atoms with van der Waals surface area (Å²) in [7, 11) is 1.68. The maximum Gasteiger partial charge on any atom is 0.161 e. The standard InChI is InChI=1S/C16H26N2O2/c1-4-17-8-10-18(11-9-17)13-14-6-7-15(19-3)16(12-14)20-5-2/h6-7,12H,4-5,8-11,13H2,1-3H3. The average molecular weight is 278 g/mol. The van der Waals surface area contributed by atoms with Gasteiger partial charge in [-0.3, -0.25) is 4.90 Å². The van der Waals surface area contributed by atoms with Crippen LogP contribution in [0.3, 0.4) is 0 Å². The van der Waals surface area contributed by atoms with Gasteiger partial charge in [0.1, 0.15) is 0 Å². The second-order valence-corrected chi connectivity index (χ2v) is 5.13. The van der Waals surface area contributed by atoms with Crippen molar-refractivity contribution in [3.8, 4) is 11.5 Å². The van der Waals surface area contributed by atoms with Crippen molar-refractivity contribution in [3.05, 3.63) is 23.8 Å². The highest BCUT2D eigenvalue weighted by Gasteiger charge is 2.16. The molecule has 4 heteroatoms. The van der Waals surface area contributed by atoms with Crippen LogP contribution in [0.2, 0.25) is 0 Å². The first-order valence-electron chi connectivity index (χ1n) is 7.51. The molecule has 1 aromatic carbocycles. The van der Waals surface area contributed by atoms with E-state index in [9.17, 15) is 0 Å². The molecule has 0 N–H and O–H groups in total. The maximum atomic E-state index is 5.64. The van der Waals surface area contributed by atoms with Crippen LogP contribution in [0, 0.1) is 0 Å². The Labute approximate surface area is 122 Å². The molecule has 1 heterocycles. The van der Waals surface area contributed by atoms with Crippen LogP contribution in [-0.4, -0.2) is 56.2 Å². The SMILES string of the molecule is CCOc1cc(CN2CCN(CC)CC2)ccc1OC. The Morgan fingerprint density at radius 2 is 1.70 bits per heavy atom. The molecular formula is C16H26N2O2. The Balaban J connectivity index is 1.97. The second kappa shape index (κ2) is 7.50. The van der Waals surface area contributed by atoms with Gasteiger partial charge in [-0.15, -0.1) is 0 Å². The Hall–Kier alpha value is -1.26. The van der Waals surface area contributed by atoms with Crippen LogP contribution in [-0.2, 0) is 6.54 Å². The number of piperazine rings is 1. The van der Waals surface area contributed by atoms with Crippen LogP contribution in [0.4, 0.5) is 0 Å². The number of methoxy groups -OCH3 is 1. The van der Waals surface area contributed by atoms with Crippen molar-refractivity contribution in [1.29, 1.82) is 0 Å². The van der Waals surface area contributed by atoms with E-state index in [1.165, 1.54) is 18.7 Å². The summed E-state index contributed by atoms with van der Waals surface area (Å²) in [6, 6.07) is 6.24. The van der Waals surface area contributed by atoms with Crippen LogP contribution < -0.4 is 9.47 Å².